The Morgan fingerprint density at radius 2 is 1.68 bits per heavy atom. The number of hydrogen-bond acceptors (Lipinski definition) is 10. The smallest absolute Gasteiger partial charge is 0.335 e. The van der Waals surface area contributed by atoms with Crippen LogP contribution in [0.4, 0.5) is 10.1 Å². The SMILES string of the molecule is CC1(Oc2ccc([C@@H]3[C@@H](CC[C@H](O)c4ccc(F)cc4)C(=O)N3c3ccc(C#CCNS(C)(=O)=O)cc3)cc2)O[C@H](C(=O)O)[C@@H](O)[C@H](O)[C@H]1O. The maximum absolute atomic E-state index is 13.6. The molecule has 5 rings (SSSR count). The Morgan fingerprint density at radius 3 is 2.28 bits per heavy atom. The third-order valence-electron chi connectivity index (χ3n) is 8.69. The Bertz CT molecular complexity index is 1860. The van der Waals surface area contributed by atoms with E-state index < -0.39 is 70.1 Å². The summed E-state index contributed by atoms with van der Waals surface area (Å²) in [5, 5.41) is 51.1. The van der Waals surface area contributed by atoms with Gasteiger partial charge in [0.25, 0.3) is 0 Å². The zero-order chi connectivity index (χ0) is 36.4. The average molecular weight is 713 g/mol. The molecule has 13 nitrogen and oxygen atoms in total. The Kier molecular flexibility index (Phi) is 10.9. The molecule has 2 saturated heterocycles. The summed E-state index contributed by atoms with van der Waals surface area (Å²) in [5.41, 5.74) is 2.36. The zero-order valence-corrected chi connectivity index (χ0v) is 27.8. The Balaban J connectivity index is 1.37. The van der Waals surface area contributed by atoms with Gasteiger partial charge in [0.15, 0.2) is 6.10 Å². The fourth-order valence-electron chi connectivity index (χ4n) is 6.02. The largest absolute Gasteiger partial charge is 0.479 e. The Hall–Kier alpha value is -4.40. The van der Waals surface area contributed by atoms with E-state index in [-0.39, 0.29) is 24.6 Å². The number of carbonyl (C=O) groups excluding carboxylic acids is 1. The van der Waals surface area contributed by atoms with E-state index in [4.69, 9.17) is 9.47 Å². The highest BCUT2D eigenvalue weighted by Gasteiger charge is 2.55. The van der Waals surface area contributed by atoms with E-state index >= 15 is 0 Å². The topological polar surface area (TPSA) is 203 Å². The van der Waals surface area contributed by atoms with E-state index in [0.29, 0.717) is 28.8 Å². The number of β-lactam (4-membered cyclic amide) rings is 1. The number of carbonyl (C=O) groups is 2. The van der Waals surface area contributed by atoms with Gasteiger partial charge < -0.3 is 39.9 Å². The summed E-state index contributed by atoms with van der Waals surface area (Å²) in [6.45, 7) is 1.17. The molecule has 0 saturated carbocycles. The van der Waals surface area contributed by atoms with Gasteiger partial charge in [0.05, 0.1) is 30.9 Å². The van der Waals surface area contributed by atoms with Crippen LogP contribution in [0.5, 0.6) is 5.75 Å². The van der Waals surface area contributed by atoms with Crippen molar-refractivity contribution in [2.45, 2.75) is 62.1 Å². The van der Waals surface area contributed by atoms with Crippen molar-refractivity contribution in [3.8, 4) is 17.6 Å². The van der Waals surface area contributed by atoms with Crippen molar-refractivity contribution in [3.05, 3.63) is 95.3 Å². The lowest BCUT2D eigenvalue weighted by molar-refractivity contribution is -0.322. The number of aliphatic hydroxyl groups excluding tert-OH is 4. The quantitative estimate of drug-likeness (QED) is 0.125. The molecule has 8 atom stereocenters. The van der Waals surface area contributed by atoms with Gasteiger partial charge in [-0.25, -0.2) is 22.3 Å². The van der Waals surface area contributed by atoms with Crippen molar-refractivity contribution in [2.24, 2.45) is 5.92 Å². The summed E-state index contributed by atoms with van der Waals surface area (Å²) in [5.74, 6) is 0.948. The lowest BCUT2D eigenvalue weighted by Gasteiger charge is -2.48. The molecular weight excluding hydrogens is 675 g/mol. The van der Waals surface area contributed by atoms with Crippen molar-refractivity contribution < 1.29 is 57.4 Å². The summed E-state index contributed by atoms with van der Waals surface area (Å²) in [7, 11) is -3.38. The molecule has 2 heterocycles. The second kappa shape index (κ2) is 14.8. The number of anilines is 1. The van der Waals surface area contributed by atoms with Crippen LogP contribution in [-0.2, 0) is 24.3 Å². The van der Waals surface area contributed by atoms with Crippen LogP contribution in [-0.4, -0.2) is 88.8 Å². The molecule has 0 aromatic heterocycles. The first-order valence-electron chi connectivity index (χ1n) is 15.6. The average Bonchev–Trinajstić information content (AvgIpc) is 3.07. The maximum atomic E-state index is 13.6. The molecule has 6 N–H and O–H groups in total. The standard InChI is InChI=1S/C35H37FN2O11S/c1-35(32(42)30(41)29(40)31(49-35)34(44)45)48-25-15-9-22(10-16-25)28-26(17-18-27(39)21-7-11-23(36)12-8-21)33(43)38(28)24-13-5-20(6-14-24)4-3-19-37-50(2,46)47/h5-16,26-32,37,39-42H,17-19H2,1-2H3,(H,44,45)/t26-,27+,28-,29+,30+,31+,32-,35?/m1/s1. The van der Waals surface area contributed by atoms with Crippen molar-refractivity contribution >= 4 is 27.6 Å². The molecule has 0 radical (unpaired) electrons. The second-order valence-corrected chi connectivity index (χ2v) is 14.2. The van der Waals surface area contributed by atoms with E-state index in [2.05, 4.69) is 16.6 Å². The fraction of sp³-hybridized carbons (Fsp3) is 0.371. The third kappa shape index (κ3) is 8.14. The lowest BCUT2D eigenvalue weighted by atomic mass is 9.78. The molecule has 0 bridgehead atoms. The minimum Gasteiger partial charge on any atom is -0.479 e. The van der Waals surface area contributed by atoms with Crippen molar-refractivity contribution in [1.82, 2.24) is 4.72 Å². The van der Waals surface area contributed by atoms with Gasteiger partial charge in [-0.2, -0.15) is 0 Å². The van der Waals surface area contributed by atoms with Gasteiger partial charge >= 0.3 is 5.97 Å². The lowest BCUT2D eigenvalue weighted by Crippen LogP contribution is -2.66. The maximum Gasteiger partial charge on any atom is 0.335 e. The highest BCUT2D eigenvalue weighted by atomic mass is 32.2. The number of carboxylic acid groups (broad SMARTS) is 1. The molecule has 0 spiro atoms. The summed E-state index contributed by atoms with van der Waals surface area (Å²) >= 11 is 0. The van der Waals surface area contributed by atoms with Gasteiger partial charge in [-0.1, -0.05) is 36.1 Å². The van der Waals surface area contributed by atoms with Gasteiger partial charge in [0.1, 0.15) is 29.9 Å². The second-order valence-electron chi connectivity index (χ2n) is 12.3. The molecule has 266 valence electrons. The van der Waals surface area contributed by atoms with E-state index in [0.717, 1.165) is 6.26 Å². The van der Waals surface area contributed by atoms with Crippen LogP contribution in [0.25, 0.3) is 0 Å². The van der Waals surface area contributed by atoms with E-state index in [1.807, 2.05) is 0 Å². The van der Waals surface area contributed by atoms with Gasteiger partial charge in [0.2, 0.25) is 21.7 Å². The third-order valence-corrected chi connectivity index (χ3v) is 9.36. The number of nitrogens with one attached hydrogen (secondary N) is 1. The van der Waals surface area contributed by atoms with Gasteiger partial charge in [-0.05, 0) is 72.5 Å². The highest BCUT2D eigenvalue weighted by molar-refractivity contribution is 7.88. The molecule has 50 heavy (non-hydrogen) atoms. The first-order chi connectivity index (χ1) is 23.6. The predicted octanol–water partition coefficient (Wildman–Crippen LogP) is 1.61. The van der Waals surface area contributed by atoms with Crippen LogP contribution >= 0.6 is 0 Å². The minimum atomic E-state index is -3.38. The monoisotopic (exact) mass is 712 g/mol. The van der Waals surface area contributed by atoms with Crippen LogP contribution < -0.4 is 14.4 Å². The van der Waals surface area contributed by atoms with Gasteiger partial charge in [-0.15, -0.1) is 0 Å². The van der Waals surface area contributed by atoms with Crippen LogP contribution in [0, 0.1) is 23.6 Å². The Morgan fingerprint density at radius 1 is 1.04 bits per heavy atom. The first-order valence-corrected chi connectivity index (χ1v) is 17.5. The van der Waals surface area contributed by atoms with E-state index in [1.54, 1.807) is 41.3 Å². The van der Waals surface area contributed by atoms with Crippen LogP contribution in [0.2, 0.25) is 0 Å². The number of rotatable bonds is 11. The molecule has 0 aliphatic carbocycles. The summed E-state index contributed by atoms with van der Waals surface area (Å²) in [6, 6.07) is 18.2. The van der Waals surface area contributed by atoms with Crippen LogP contribution in [0.1, 0.15) is 48.6 Å². The predicted molar refractivity (Wildman–Crippen MR) is 176 cm³/mol. The fourth-order valence-corrected chi connectivity index (χ4v) is 6.36. The van der Waals surface area contributed by atoms with Gasteiger partial charge in [0, 0.05) is 18.2 Å². The molecule has 2 fully saturated rings. The molecule has 1 unspecified atom stereocenters. The summed E-state index contributed by atoms with van der Waals surface area (Å²) in [4.78, 5) is 26.8. The van der Waals surface area contributed by atoms with Gasteiger partial charge in [-0.3, -0.25) is 4.79 Å². The number of hydrogen-bond donors (Lipinski definition) is 6. The van der Waals surface area contributed by atoms with Crippen LogP contribution in [0.3, 0.4) is 0 Å². The molecule has 1 amide bonds. The minimum absolute atomic E-state index is 0.0641. The number of nitrogens with zero attached hydrogens (tertiary/aromatic N) is 1. The van der Waals surface area contributed by atoms with E-state index in [1.165, 1.54) is 43.3 Å². The molecule has 3 aromatic rings. The summed E-state index contributed by atoms with van der Waals surface area (Å²) in [6.07, 6.45) is -6.80. The number of benzene rings is 3. The zero-order valence-electron chi connectivity index (χ0n) is 27.0. The molecule has 3 aromatic carbocycles. The normalized spacial score (nSPS) is 27.1. The molecule has 15 heteroatoms. The number of halogens is 1. The van der Waals surface area contributed by atoms with Crippen molar-refractivity contribution in [1.29, 1.82) is 0 Å². The van der Waals surface area contributed by atoms with E-state index in [9.17, 15) is 47.9 Å². The number of carboxylic acids is 1. The highest BCUT2D eigenvalue weighted by Crippen LogP contribution is 2.47. The molecule has 2 aliphatic rings. The number of aliphatic hydroxyl groups is 4. The molecule has 2 aliphatic heterocycles. The van der Waals surface area contributed by atoms with Crippen molar-refractivity contribution in [2.75, 3.05) is 17.7 Å². The number of sulfonamides is 1. The molecular formula is C35H37FN2O11S. The van der Waals surface area contributed by atoms with Crippen molar-refractivity contribution in [3.63, 3.8) is 0 Å². The number of ether oxygens (including phenoxy) is 2. The first kappa shape index (κ1) is 36.9. The number of aliphatic carboxylic acids is 1. The Labute approximate surface area is 287 Å². The van der Waals surface area contributed by atoms with Crippen LogP contribution in [0.15, 0.2) is 72.8 Å². The summed E-state index contributed by atoms with van der Waals surface area (Å²) < 4.78 is 49.4. The number of amides is 1.